The smallest absolute Gasteiger partial charge is 0.251 e. The number of rotatable bonds is 4. The van der Waals surface area contributed by atoms with Crippen LogP contribution in [0.15, 0.2) is 34.5 Å². The summed E-state index contributed by atoms with van der Waals surface area (Å²) in [5.41, 5.74) is 1.02. The highest BCUT2D eigenvalue weighted by molar-refractivity contribution is 7.91. The number of hydrogen-bond acceptors (Lipinski definition) is 5. The number of nitrogens with two attached hydrogens (primary N) is 1. The van der Waals surface area contributed by atoms with Gasteiger partial charge in [0.25, 0.3) is 5.91 Å². The SMILES string of the molecule is Cc1ccc(C(=O)NCc2ccc(S(N)(=O)=O)s2)cc1O. The molecule has 0 radical (unpaired) electrons. The molecule has 2 aromatic rings. The Morgan fingerprint density at radius 1 is 1.33 bits per heavy atom. The summed E-state index contributed by atoms with van der Waals surface area (Å²) < 4.78 is 22.4. The Morgan fingerprint density at radius 2 is 2.05 bits per heavy atom. The molecule has 6 nitrogen and oxygen atoms in total. The van der Waals surface area contributed by atoms with Crippen LogP contribution < -0.4 is 10.5 Å². The van der Waals surface area contributed by atoms with Crippen molar-refractivity contribution in [2.24, 2.45) is 5.14 Å². The van der Waals surface area contributed by atoms with E-state index in [2.05, 4.69) is 5.32 Å². The lowest BCUT2D eigenvalue weighted by Crippen LogP contribution is -2.22. The molecule has 1 heterocycles. The zero-order valence-corrected chi connectivity index (χ0v) is 12.8. The summed E-state index contributed by atoms with van der Waals surface area (Å²) in [6, 6.07) is 7.63. The number of primary sulfonamides is 1. The van der Waals surface area contributed by atoms with Gasteiger partial charge in [0.15, 0.2) is 0 Å². The molecule has 0 aliphatic rings. The number of benzene rings is 1. The molecule has 0 aliphatic heterocycles. The van der Waals surface area contributed by atoms with Crippen LogP contribution in [0.1, 0.15) is 20.8 Å². The summed E-state index contributed by atoms with van der Waals surface area (Å²) in [7, 11) is -3.71. The average molecular weight is 326 g/mol. The number of aryl methyl sites for hydroxylation is 1. The number of aromatic hydroxyl groups is 1. The topological polar surface area (TPSA) is 109 Å². The highest BCUT2D eigenvalue weighted by Gasteiger charge is 2.12. The number of carbonyl (C=O) groups excluding carboxylic acids is 1. The van der Waals surface area contributed by atoms with E-state index in [-0.39, 0.29) is 22.4 Å². The van der Waals surface area contributed by atoms with Crippen LogP contribution in [-0.2, 0) is 16.6 Å². The zero-order chi connectivity index (χ0) is 15.6. The van der Waals surface area contributed by atoms with Crippen molar-refractivity contribution in [3.8, 4) is 5.75 Å². The molecule has 21 heavy (non-hydrogen) atoms. The lowest BCUT2D eigenvalue weighted by Gasteiger charge is -2.05. The third-order valence-corrected chi connectivity index (χ3v) is 5.34. The highest BCUT2D eigenvalue weighted by atomic mass is 32.2. The molecule has 4 N–H and O–H groups in total. The summed E-state index contributed by atoms with van der Waals surface area (Å²) in [5.74, 6) is -0.300. The first-order valence-electron chi connectivity index (χ1n) is 5.96. The molecule has 0 saturated heterocycles. The summed E-state index contributed by atoms with van der Waals surface area (Å²) in [4.78, 5) is 12.6. The van der Waals surface area contributed by atoms with Crippen molar-refractivity contribution in [3.63, 3.8) is 0 Å². The van der Waals surface area contributed by atoms with Gasteiger partial charge in [-0.05, 0) is 36.8 Å². The Balaban J connectivity index is 2.04. The Morgan fingerprint density at radius 3 is 2.62 bits per heavy atom. The van der Waals surface area contributed by atoms with E-state index in [0.29, 0.717) is 16.0 Å². The number of carbonyl (C=O) groups is 1. The van der Waals surface area contributed by atoms with Gasteiger partial charge in [-0.2, -0.15) is 0 Å². The normalized spacial score (nSPS) is 11.3. The second-order valence-electron chi connectivity index (χ2n) is 4.45. The maximum Gasteiger partial charge on any atom is 0.251 e. The lowest BCUT2D eigenvalue weighted by molar-refractivity contribution is 0.0951. The van der Waals surface area contributed by atoms with Gasteiger partial charge < -0.3 is 10.4 Å². The number of amides is 1. The first-order valence-corrected chi connectivity index (χ1v) is 8.33. The summed E-state index contributed by atoms with van der Waals surface area (Å²) in [5, 5.41) is 17.2. The predicted molar refractivity (Wildman–Crippen MR) is 79.7 cm³/mol. The maximum absolute atomic E-state index is 11.9. The van der Waals surface area contributed by atoms with E-state index in [1.54, 1.807) is 25.1 Å². The second kappa shape index (κ2) is 5.84. The van der Waals surface area contributed by atoms with E-state index in [1.165, 1.54) is 12.1 Å². The van der Waals surface area contributed by atoms with Gasteiger partial charge in [-0.25, -0.2) is 13.6 Å². The van der Waals surface area contributed by atoms with Crippen molar-refractivity contribution in [2.75, 3.05) is 0 Å². The minimum atomic E-state index is -3.71. The summed E-state index contributed by atoms with van der Waals surface area (Å²) >= 11 is 1.01. The maximum atomic E-state index is 11.9. The van der Waals surface area contributed by atoms with E-state index in [4.69, 9.17) is 5.14 Å². The van der Waals surface area contributed by atoms with Gasteiger partial charge >= 0.3 is 0 Å². The summed E-state index contributed by atoms with van der Waals surface area (Å²) in [6.07, 6.45) is 0. The standard InChI is InChI=1S/C13H14N2O4S2/c1-8-2-3-9(6-11(8)16)13(17)15-7-10-4-5-12(20-10)21(14,18)19/h2-6,16H,7H2,1H3,(H,15,17)(H2,14,18,19). The van der Waals surface area contributed by atoms with Crippen molar-refractivity contribution in [1.29, 1.82) is 0 Å². The van der Waals surface area contributed by atoms with Gasteiger partial charge in [0.1, 0.15) is 9.96 Å². The predicted octanol–water partition coefficient (Wildman–Crippen LogP) is 1.34. The fourth-order valence-corrected chi connectivity index (χ4v) is 3.34. The van der Waals surface area contributed by atoms with Crippen molar-refractivity contribution < 1.29 is 18.3 Å². The minimum Gasteiger partial charge on any atom is -0.508 e. The number of phenols is 1. The van der Waals surface area contributed by atoms with Crippen LogP contribution in [0, 0.1) is 6.92 Å². The van der Waals surface area contributed by atoms with Gasteiger partial charge in [0, 0.05) is 10.4 Å². The molecule has 112 valence electrons. The Bertz CT molecular complexity index is 781. The number of hydrogen-bond donors (Lipinski definition) is 3. The first kappa shape index (κ1) is 15.5. The molecule has 8 heteroatoms. The molecule has 1 amide bonds. The Hall–Kier alpha value is -1.90. The molecule has 0 saturated carbocycles. The quantitative estimate of drug-likeness (QED) is 0.787. The monoisotopic (exact) mass is 326 g/mol. The van der Waals surface area contributed by atoms with E-state index < -0.39 is 10.0 Å². The van der Waals surface area contributed by atoms with Crippen molar-refractivity contribution >= 4 is 27.3 Å². The number of nitrogens with one attached hydrogen (secondary N) is 1. The highest BCUT2D eigenvalue weighted by Crippen LogP contribution is 2.20. The number of thiophene rings is 1. The van der Waals surface area contributed by atoms with E-state index in [0.717, 1.165) is 11.3 Å². The molecule has 0 aliphatic carbocycles. The van der Waals surface area contributed by atoms with Crippen LogP contribution in [0.5, 0.6) is 5.75 Å². The lowest BCUT2D eigenvalue weighted by atomic mass is 10.1. The van der Waals surface area contributed by atoms with Crippen molar-refractivity contribution in [1.82, 2.24) is 5.32 Å². The van der Waals surface area contributed by atoms with Crippen LogP contribution in [0.3, 0.4) is 0 Å². The van der Waals surface area contributed by atoms with Crippen LogP contribution in [0.25, 0.3) is 0 Å². The molecule has 0 unspecified atom stereocenters. The Kier molecular flexibility index (Phi) is 4.31. The molecular weight excluding hydrogens is 312 g/mol. The van der Waals surface area contributed by atoms with E-state index in [1.807, 2.05) is 0 Å². The number of phenolic OH excluding ortho intramolecular Hbond substituents is 1. The molecule has 1 aromatic carbocycles. The number of sulfonamides is 1. The first-order chi connectivity index (χ1) is 9.77. The van der Waals surface area contributed by atoms with Gasteiger partial charge in [0.2, 0.25) is 10.0 Å². The molecular formula is C13H14N2O4S2. The Labute approximate surface area is 126 Å². The van der Waals surface area contributed by atoms with Gasteiger partial charge in [-0.3, -0.25) is 4.79 Å². The van der Waals surface area contributed by atoms with Crippen LogP contribution >= 0.6 is 11.3 Å². The van der Waals surface area contributed by atoms with Crippen LogP contribution in [0.2, 0.25) is 0 Å². The summed E-state index contributed by atoms with van der Waals surface area (Å²) in [6.45, 7) is 1.92. The van der Waals surface area contributed by atoms with Crippen LogP contribution in [0.4, 0.5) is 0 Å². The van der Waals surface area contributed by atoms with Crippen molar-refractivity contribution in [3.05, 3.63) is 46.3 Å². The third-order valence-electron chi connectivity index (χ3n) is 2.81. The molecule has 0 bridgehead atoms. The minimum absolute atomic E-state index is 0.0512. The van der Waals surface area contributed by atoms with Gasteiger partial charge in [-0.15, -0.1) is 11.3 Å². The fourth-order valence-electron chi connectivity index (χ4n) is 1.63. The molecule has 0 atom stereocenters. The fraction of sp³-hybridized carbons (Fsp3) is 0.154. The molecule has 0 fully saturated rings. The second-order valence-corrected chi connectivity index (χ2v) is 7.41. The largest absolute Gasteiger partial charge is 0.508 e. The van der Waals surface area contributed by atoms with Gasteiger partial charge in [0.05, 0.1) is 6.54 Å². The average Bonchev–Trinajstić information content (AvgIpc) is 2.88. The van der Waals surface area contributed by atoms with E-state index >= 15 is 0 Å². The molecule has 0 spiro atoms. The molecule has 1 aromatic heterocycles. The zero-order valence-electron chi connectivity index (χ0n) is 11.2. The van der Waals surface area contributed by atoms with Crippen LogP contribution in [-0.4, -0.2) is 19.4 Å². The van der Waals surface area contributed by atoms with Gasteiger partial charge in [-0.1, -0.05) is 6.07 Å². The molecule has 2 rings (SSSR count). The van der Waals surface area contributed by atoms with Crippen molar-refractivity contribution in [2.45, 2.75) is 17.7 Å². The van der Waals surface area contributed by atoms with E-state index in [9.17, 15) is 18.3 Å². The third kappa shape index (κ3) is 3.81.